The second kappa shape index (κ2) is 5.29. The first-order valence-corrected chi connectivity index (χ1v) is 6.59. The fraction of sp³-hybridized carbons (Fsp3) is 0.273. The molecule has 0 bridgehead atoms. The summed E-state index contributed by atoms with van der Waals surface area (Å²) in [6.45, 7) is 0.429. The first-order valence-electron chi connectivity index (χ1n) is 5.71. The van der Waals surface area contributed by atoms with Crippen molar-refractivity contribution in [1.29, 1.82) is 0 Å². The third-order valence-corrected chi connectivity index (χ3v) is 3.33. The molecule has 0 unspecified atom stereocenters. The Hall–Kier alpha value is -2.06. The average Bonchev–Trinajstić information content (AvgIpc) is 3.10. The molecule has 0 spiro atoms. The number of aromatic nitrogens is 5. The molecule has 98 valence electrons. The molecule has 8 heteroatoms. The van der Waals surface area contributed by atoms with Gasteiger partial charge in [0.05, 0.1) is 10.6 Å². The van der Waals surface area contributed by atoms with E-state index >= 15 is 0 Å². The van der Waals surface area contributed by atoms with E-state index in [2.05, 4.69) is 20.5 Å². The van der Waals surface area contributed by atoms with Crippen molar-refractivity contribution in [1.82, 2.24) is 25.1 Å². The standard InChI is InChI=1S/C11H11N5O2S/c17-4-3-8-6-16(15-13-8)7-10-12-11(14-18-10)9-2-1-5-19-9/h1-2,5-6,17H,3-4,7H2. The molecule has 0 aliphatic rings. The third kappa shape index (κ3) is 2.69. The number of hydrogen-bond donors (Lipinski definition) is 1. The summed E-state index contributed by atoms with van der Waals surface area (Å²) in [6, 6.07) is 3.88. The number of aliphatic hydroxyl groups excluding tert-OH is 1. The number of rotatable bonds is 5. The highest BCUT2D eigenvalue weighted by Gasteiger charge is 2.10. The summed E-state index contributed by atoms with van der Waals surface area (Å²) in [5.74, 6) is 1.06. The average molecular weight is 277 g/mol. The van der Waals surface area contributed by atoms with Crippen molar-refractivity contribution in [2.45, 2.75) is 13.0 Å². The zero-order chi connectivity index (χ0) is 13.1. The lowest BCUT2D eigenvalue weighted by Gasteiger charge is -1.92. The fourth-order valence-electron chi connectivity index (χ4n) is 1.61. The quantitative estimate of drug-likeness (QED) is 0.747. The lowest BCUT2D eigenvalue weighted by atomic mass is 10.3. The normalized spacial score (nSPS) is 11.0. The van der Waals surface area contributed by atoms with Gasteiger partial charge in [-0.05, 0) is 11.4 Å². The Bertz CT molecular complexity index is 646. The third-order valence-electron chi connectivity index (χ3n) is 2.46. The minimum absolute atomic E-state index is 0.0573. The Morgan fingerprint density at radius 1 is 1.42 bits per heavy atom. The largest absolute Gasteiger partial charge is 0.396 e. The number of aliphatic hydroxyl groups is 1. The van der Waals surface area contributed by atoms with Crippen LogP contribution in [-0.2, 0) is 13.0 Å². The van der Waals surface area contributed by atoms with E-state index in [0.29, 0.717) is 24.7 Å². The summed E-state index contributed by atoms with van der Waals surface area (Å²) < 4.78 is 6.78. The van der Waals surface area contributed by atoms with Gasteiger partial charge in [-0.2, -0.15) is 4.98 Å². The summed E-state index contributed by atoms with van der Waals surface area (Å²) >= 11 is 1.56. The van der Waals surface area contributed by atoms with Gasteiger partial charge in [-0.1, -0.05) is 16.4 Å². The molecule has 7 nitrogen and oxygen atoms in total. The van der Waals surface area contributed by atoms with Gasteiger partial charge in [-0.15, -0.1) is 16.4 Å². The molecule has 3 heterocycles. The summed E-state index contributed by atoms with van der Waals surface area (Å²) in [5.41, 5.74) is 0.737. The van der Waals surface area contributed by atoms with E-state index in [0.717, 1.165) is 10.6 Å². The first kappa shape index (κ1) is 12.0. The smallest absolute Gasteiger partial charge is 0.248 e. The Morgan fingerprint density at radius 3 is 3.16 bits per heavy atom. The van der Waals surface area contributed by atoms with Crippen LogP contribution in [0.5, 0.6) is 0 Å². The SMILES string of the molecule is OCCc1cn(Cc2nc(-c3cccs3)no2)nn1. The monoisotopic (exact) mass is 277 g/mol. The lowest BCUT2D eigenvalue weighted by molar-refractivity contribution is 0.298. The van der Waals surface area contributed by atoms with E-state index in [1.54, 1.807) is 22.2 Å². The van der Waals surface area contributed by atoms with Gasteiger partial charge in [0.15, 0.2) is 0 Å². The van der Waals surface area contributed by atoms with Crippen molar-refractivity contribution in [3.8, 4) is 10.7 Å². The van der Waals surface area contributed by atoms with Crippen molar-refractivity contribution >= 4 is 11.3 Å². The Morgan fingerprint density at radius 2 is 2.37 bits per heavy atom. The lowest BCUT2D eigenvalue weighted by Crippen LogP contribution is -2.00. The maximum absolute atomic E-state index is 8.81. The molecule has 3 aromatic rings. The second-order valence-corrected chi connectivity index (χ2v) is 4.82. The van der Waals surface area contributed by atoms with Gasteiger partial charge in [-0.3, -0.25) is 0 Å². The predicted molar refractivity (Wildman–Crippen MR) is 67.5 cm³/mol. The van der Waals surface area contributed by atoms with Crippen LogP contribution in [0.15, 0.2) is 28.2 Å². The molecule has 3 aromatic heterocycles. The molecule has 0 saturated carbocycles. The van der Waals surface area contributed by atoms with Crippen molar-refractivity contribution in [2.24, 2.45) is 0 Å². The van der Waals surface area contributed by atoms with Crippen molar-refractivity contribution < 1.29 is 9.63 Å². The van der Waals surface area contributed by atoms with Crippen LogP contribution in [0.4, 0.5) is 0 Å². The maximum Gasteiger partial charge on any atom is 0.248 e. The molecule has 0 aliphatic carbocycles. The molecule has 0 amide bonds. The molecular weight excluding hydrogens is 266 g/mol. The molecule has 0 saturated heterocycles. The van der Waals surface area contributed by atoms with Gasteiger partial charge < -0.3 is 9.63 Å². The van der Waals surface area contributed by atoms with Crippen molar-refractivity contribution in [3.63, 3.8) is 0 Å². The van der Waals surface area contributed by atoms with Crippen LogP contribution < -0.4 is 0 Å². The Labute approximate surface area is 112 Å². The fourth-order valence-corrected chi connectivity index (χ4v) is 2.26. The molecule has 0 aliphatic heterocycles. The van der Waals surface area contributed by atoms with E-state index in [9.17, 15) is 0 Å². The molecule has 1 N–H and O–H groups in total. The minimum atomic E-state index is 0.0573. The van der Waals surface area contributed by atoms with E-state index in [4.69, 9.17) is 9.63 Å². The van der Waals surface area contributed by atoms with E-state index in [1.165, 1.54) is 0 Å². The van der Waals surface area contributed by atoms with Gasteiger partial charge in [0.2, 0.25) is 11.7 Å². The zero-order valence-corrected chi connectivity index (χ0v) is 10.7. The summed E-state index contributed by atoms with van der Waals surface area (Å²) in [4.78, 5) is 5.27. The van der Waals surface area contributed by atoms with Crippen LogP contribution >= 0.6 is 11.3 Å². The number of nitrogens with zero attached hydrogens (tertiary/aromatic N) is 5. The van der Waals surface area contributed by atoms with Gasteiger partial charge in [0.25, 0.3) is 0 Å². The van der Waals surface area contributed by atoms with Crippen LogP contribution in [0.1, 0.15) is 11.6 Å². The highest BCUT2D eigenvalue weighted by molar-refractivity contribution is 7.13. The van der Waals surface area contributed by atoms with E-state index < -0.39 is 0 Å². The predicted octanol–water partition coefficient (Wildman–Crippen LogP) is 0.973. The zero-order valence-electron chi connectivity index (χ0n) is 9.93. The highest BCUT2D eigenvalue weighted by atomic mass is 32.1. The minimum Gasteiger partial charge on any atom is -0.396 e. The molecule has 0 radical (unpaired) electrons. The van der Waals surface area contributed by atoms with Crippen LogP contribution in [0, 0.1) is 0 Å². The highest BCUT2D eigenvalue weighted by Crippen LogP contribution is 2.21. The molecule has 0 atom stereocenters. The second-order valence-electron chi connectivity index (χ2n) is 3.87. The summed E-state index contributed by atoms with van der Waals surface area (Å²) in [5, 5.41) is 22.6. The van der Waals surface area contributed by atoms with Crippen LogP contribution in [-0.4, -0.2) is 36.8 Å². The summed E-state index contributed by atoms with van der Waals surface area (Å²) in [6.07, 6.45) is 2.25. The Balaban J connectivity index is 1.72. The Kier molecular flexibility index (Phi) is 3.34. The van der Waals surface area contributed by atoms with Crippen LogP contribution in [0.3, 0.4) is 0 Å². The van der Waals surface area contributed by atoms with Gasteiger partial charge in [0, 0.05) is 19.2 Å². The molecule has 3 rings (SSSR count). The summed E-state index contributed by atoms with van der Waals surface area (Å²) in [7, 11) is 0. The maximum atomic E-state index is 8.81. The van der Waals surface area contributed by atoms with Crippen LogP contribution in [0.2, 0.25) is 0 Å². The van der Waals surface area contributed by atoms with Gasteiger partial charge in [-0.25, -0.2) is 4.68 Å². The number of hydrogen-bond acceptors (Lipinski definition) is 7. The van der Waals surface area contributed by atoms with E-state index in [-0.39, 0.29) is 6.61 Å². The first-order chi connectivity index (χ1) is 9.35. The molecule has 0 fully saturated rings. The molecule has 19 heavy (non-hydrogen) atoms. The van der Waals surface area contributed by atoms with E-state index in [1.807, 2.05) is 17.5 Å². The number of thiophene rings is 1. The molecular formula is C11H11N5O2S. The van der Waals surface area contributed by atoms with Crippen molar-refractivity contribution in [2.75, 3.05) is 6.61 Å². The van der Waals surface area contributed by atoms with Gasteiger partial charge >= 0.3 is 0 Å². The topological polar surface area (TPSA) is 89.9 Å². The van der Waals surface area contributed by atoms with Crippen LogP contribution in [0.25, 0.3) is 10.7 Å². The van der Waals surface area contributed by atoms with Crippen molar-refractivity contribution in [3.05, 3.63) is 35.3 Å². The van der Waals surface area contributed by atoms with Gasteiger partial charge in [0.1, 0.15) is 6.54 Å². The molecule has 0 aromatic carbocycles.